The van der Waals surface area contributed by atoms with Gasteiger partial charge in [-0.25, -0.2) is 13.8 Å². The Kier molecular flexibility index (Phi) is 11.0. The van der Waals surface area contributed by atoms with Gasteiger partial charge in [0.25, 0.3) is 0 Å². The van der Waals surface area contributed by atoms with Crippen molar-refractivity contribution in [2.45, 2.75) is 94.3 Å². The molecule has 0 amide bonds. The van der Waals surface area contributed by atoms with Crippen LogP contribution in [0.3, 0.4) is 0 Å². The molecule has 5 rings (SSSR count). The van der Waals surface area contributed by atoms with Crippen molar-refractivity contribution in [2.75, 3.05) is 6.54 Å². The maximum Gasteiger partial charge on any atom is 0.490 e. The van der Waals surface area contributed by atoms with Crippen LogP contribution in [0.2, 0.25) is 0 Å². The summed E-state index contributed by atoms with van der Waals surface area (Å²) in [5, 5.41) is 24.3. The van der Waals surface area contributed by atoms with Gasteiger partial charge in [-0.1, -0.05) is 37.5 Å². The van der Waals surface area contributed by atoms with Gasteiger partial charge in [-0.2, -0.15) is 26.3 Å². The number of carboxylic acids is 2. The van der Waals surface area contributed by atoms with Crippen molar-refractivity contribution in [3.63, 3.8) is 0 Å². The molecule has 46 heavy (non-hydrogen) atoms. The van der Waals surface area contributed by atoms with E-state index in [0.717, 1.165) is 42.5 Å². The number of aromatic nitrogens is 2. The van der Waals surface area contributed by atoms with Gasteiger partial charge in [0, 0.05) is 25.6 Å². The van der Waals surface area contributed by atoms with Crippen molar-refractivity contribution < 1.29 is 55.2 Å². The van der Waals surface area contributed by atoms with Gasteiger partial charge in [0.05, 0.1) is 5.56 Å². The second kappa shape index (κ2) is 14.3. The van der Waals surface area contributed by atoms with Crippen LogP contribution in [-0.4, -0.2) is 61.8 Å². The van der Waals surface area contributed by atoms with Gasteiger partial charge >= 0.3 is 24.3 Å². The summed E-state index contributed by atoms with van der Waals surface area (Å²) in [6.45, 7) is 0.646. The van der Waals surface area contributed by atoms with E-state index in [0.29, 0.717) is 49.7 Å². The summed E-state index contributed by atoms with van der Waals surface area (Å²) in [5.41, 5.74) is 0.788. The molecule has 0 spiro atoms. The summed E-state index contributed by atoms with van der Waals surface area (Å²) < 4.78 is 92.6. The molecule has 0 bridgehead atoms. The first-order chi connectivity index (χ1) is 21.5. The quantitative estimate of drug-likeness (QED) is 0.235. The highest BCUT2D eigenvalue weighted by Gasteiger charge is 2.41. The average molecular weight is 662 g/mol. The van der Waals surface area contributed by atoms with Gasteiger partial charge in [0.2, 0.25) is 0 Å². The topological polar surface area (TPSA) is 117 Å². The van der Waals surface area contributed by atoms with Gasteiger partial charge in [0.1, 0.15) is 16.7 Å². The fourth-order valence-corrected chi connectivity index (χ4v) is 6.55. The van der Waals surface area contributed by atoms with Crippen LogP contribution >= 0.6 is 0 Å². The molecule has 0 aliphatic heterocycles. The molecule has 0 unspecified atom stereocenters. The maximum absolute atomic E-state index is 16.2. The number of benzene rings is 2. The molecule has 8 nitrogen and oxygen atoms in total. The molecule has 1 aromatic heterocycles. The molecule has 3 aromatic rings. The minimum atomic E-state index is -5.08. The lowest BCUT2D eigenvalue weighted by Gasteiger charge is -2.45. The van der Waals surface area contributed by atoms with E-state index < -0.39 is 35.5 Å². The lowest BCUT2D eigenvalue weighted by atomic mass is 9.72. The molecule has 2 aliphatic carbocycles. The Hall–Kier alpha value is -3.75. The van der Waals surface area contributed by atoms with Gasteiger partial charge in [-0.15, -0.1) is 0 Å². The number of alkyl halides is 7. The zero-order valence-electron chi connectivity index (χ0n) is 24.7. The number of carbonyl (C=O) groups is 2. The zero-order chi connectivity index (χ0) is 33.7. The molecule has 2 aromatic carbocycles. The summed E-state index contributed by atoms with van der Waals surface area (Å²) in [6, 6.07) is 10.6. The normalized spacial score (nSPS) is 21.9. The number of carboxylic acid groups (broad SMARTS) is 2. The number of rotatable bonds is 8. The summed E-state index contributed by atoms with van der Waals surface area (Å²) in [6.07, 6.45) is -4.08. The Morgan fingerprint density at radius 2 is 1.54 bits per heavy atom. The highest BCUT2D eigenvalue weighted by Crippen LogP contribution is 2.43. The Balaban J connectivity index is 0.000000617. The predicted octanol–water partition coefficient (Wildman–Crippen LogP) is 7.78. The van der Waals surface area contributed by atoms with E-state index >= 15 is 4.39 Å². The molecular formula is C31H34F7N3O5. The Labute approximate surface area is 259 Å². The Bertz CT molecular complexity index is 1470. The predicted molar refractivity (Wildman–Crippen MR) is 150 cm³/mol. The molecule has 2 fully saturated rings. The Morgan fingerprint density at radius 3 is 2.13 bits per heavy atom. The van der Waals surface area contributed by atoms with Gasteiger partial charge in [-0.3, -0.25) is 9.69 Å². The maximum atomic E-state index is 16.2. The number of halogens is 7. The first kappa shape index (κ1) is 35.1. The fraction of sp³-hybridized carbons (Fsp3) is 0.548. The summed E-state index contributed by atoms with van der Waals surface area (Å²) in [7, 11) is 0. The fourth-order valence-electron chi connectivity index (χ4n) is 6.55. The monoisotopic (exact) mass is 661 g/mol. The van der Waals surface area contributed by atoms with Gasteiger partial charge in [-0.05, 0) is 89.6 Å². The van der Waals surface area contributed by atoms with E-state index in [2.05, 4.69) is 15.2 Å². The van der Waals surface area contributed by atoms with Crippen LogP contribution in [-0.2, 0) is 22.3 Å². The van der Waals surface area contributed by atoms with E-state index in [4.69, 9.17) is 14.5 Å². The van der Waals surface area contributed by atoms with Crippen molar-refractivity contribution in [1.29, 1.82) is 0 Å². The lowest BCUT2D eigenvalue weighted by Crippen LogP contribution is -2.49. The van der Waals surface area contributed by atoms with Gasteiger partial charge < -0.3 is 10.2 Å². The van der Waals surface area contributed by atoms with Crippen molar-refractivity contribution in [2.24, 2.45) is 5.92 Å². The molecule has 3 atom stereocenters. The van der Waals surface area contributed by atoms with Crippen LogP contribution < -0.4 is 0 Å². The lowest BCUT2D eigenvalue weighted by molar-refractivity contribution is -0.192. The smallest absolute Gasteiger partial charge is 0.481 e. The van der Waals surface area contributed by atoms with Crippen LogP contribution in [0.25, 0.3) is 11.0 Å². The van der Waals surface area contributed by atoms with E-state index in [-0.39, 0.29) is 30.8 Å². The summed E-state index contributed by atoms with van der Waals surface area (Å²) in [5.74, 6) is -3.97. The summed E-state index contributed by atoms with van der Waals surface area (Å²) >= 11 is 0. The molecule has 2 saturated carbocycles. The minimum absolute atomic E-state index is 0.00668. The summed E-state index contributed by atoms with van der Waals surface area (Å²) in [4.78, 5) is 22.5. The molecule has 0 radical (unpaired) electrons. The third-order valence-corrected chi connectivity index (χ3v) is 8.70. The highest BCUT2D eigenvalue weighted by molar-refractivity contribution is 5.73. The number of hydrogen-bond acceptors (Lipinski definition) is 6. The molecule has 1 heterocycles. The molecule has 0 saturated heterocycles. The molecular weight excluding hydrogens is 627 g/mol. The van der Waals surface area contributed by atoms with Crippen molar-refractivity contribution >= 4 is 23.0 Å². The average Bonchev–Trinajstić information content (AvgIpc) is 3.44. The standard InChI is InChI=1S/C29H33F4N3O3.C2HF3O2/c30-28(12-2-1-3-13-28)18-36(17-20-4-10-24-25(15-20)35-39-34-24)26-11-5-19(16-27(37)38)14-23(26)21-6-8-22(9-7-21)29(31,32)33;3-2(4,5)1(6)7/h4,6-10,15,19,23,26H,1-3,5,11-14,16-18H2,(H,37,38);(H,6,7)/t19-,23+,26-;/m1./s1. The number of hydrogen-bond donors (Lipinski definition) is 2. The van der Waals surface area contributed by atoms with Crippen LogP contribution in [0, 0.1) is 5.92 Å². The van der Waals surface area contributed by atoms with Crippen molar-refractivity contribution in [3.8, 4) is 0 Å². The third kappa shape index (κ3) is 9.39. The second-order valence-electron chi connectivity index (χ2n) is 12.1. The van der Waals surface area contributed by atoms with Crippen molar-refractivity contribution in [3.05, 3.63) is 59.2 Å². The van der Waals surface area contributed by atoms with Gasteiger partial charge in [0.15, 0.2) is 0 Å². The minimum Gasteiger partial charge on any atom is -0.481 e. The number of nitrogens with zero attached hydrogens (tertiary/aromatic N) is 3. The molecule has 2 aliphatic rings. The van der Waals surface area contributed by atoms with Crippen LogP contribution in [0.15, 0.2) is 47.1 Å². The Morgan fingerprint density at radius 1 is 0.913 bits per heavy atom. The first-order valence-corrected chi connectivity index (χ1v) is 14.9. The molecule has 252 valence electrons. The van der Waals surface area contributed by atoms with Crippen LogP contribution in [0.5, 0.6) is 0 Å². The molecule has 15 heteroatoms. The van der Waals surface area contributed by atoms with Crippen LogP contribution in [0.4, 0.5) is 30.7 Å². The molecule has 2 N–H and O–H groups in total. The first-order valence-electron chi connectivity index (χ1n) is 14.9. The van der Waals surface area contributed by atoms with E-state index in [1.54, 1.807) is 0 Å². The second-order valence-corrected chi connectivity index (χ2v) is 12.1. The number of fused-ring (bicyclic) bond motifs is 1. The van der Waals surface area contributed by atoms with E-state index in [1.165, 1.54) is 12.1 Å². The third-order valence-electron chi connectivity index (χ3n) is 8.70. The zero-order valence-corrected chi connectivity index (χ0v) is 24.7. The van der Waals surface area contributed by atoms with Crippen molar-refractivity contribution in [1.82, 2.24) is 15.2 Å². The SMILES string of the molecule is O=C(O)C(F)(F)F.O=C(O)C[C@@H]1CC[C@@H](N(Cc2ccc3nonc3c2)CC2(F)CCCCC2)[C@H](c2ccc(C(F)(F)F)cc2)C1. The highest BCUT2D eigenvalue weighted by atomic mass is 19.4. The van der Waals surface area contributed by atoms with E-state index in [9.17, 15) is 36.2 Å². The number of aliphatic carboxylic acids is 2. The van der Waals surface area contributed by atoms with E-state index in [1.807, 2.05) is 18.2 Å². The largest absolute Gasteiger partial charge is 0.490 e. The van der Waals surface area contributed by atoms with Crippen LogP contribution in [0.1, 0.15) is 80.4 Å².